The number of carboxylic acids is 1. The van der Waals surface area contributed by atoms with E-state index in [0.717, 1.165) is 10.6 Å². The minimum Gasteiger partial charge on any atom is -0.481 e. The highest BCUT2D eigenvalue weighted by Crippen LogP contribution is 2.11. The zero-order valence-corrected chi connectivity index (χ0v) is 12.1. The lowest BCUT2D eigenvalue weighted by molar-refractivity contribution is -0.138. The van der Waals surface area contributed by atoms with E-state index in [0.29, 0.717) is 6.54 Å². The quantitative estimate of drug-likeness (QED) is 0.733. The first kappa shape index (κ1) is 16.1. The normalized spacial score (nSPS) is 11.7. The Bertz CT molecular complexity index is 501. The first-order chi connectivity index (χ1) is 9.38. The van der Waals surface area contributed by atoms with Crippen LogP contribution in [-0.4, -0.2) is 28.0 Å². The van der Waals surface area contributed by atoms with E-state index in [9.17, 15) is 14.4 Å². The molecule has 20 heavy (non-hydrogen) atoms. The number of aliphatic carboxylic acids is 1. The largest absolute Gasteiger partial charge is 0.481 e. The highest BCUT2D eigenvalue weighted by Gasteiger charge is 2.14. The van der Waals surface area contributed by atoms with E-state index in [1.807, 2.05) is 6.92 Å². The molecule has 0 fully saturated rings. The molecule has 110 valence electrons. The zero-order chi connectivity index (χ0) is 15.1. The Morgan fingerprint density at radius 2 is 2.10 bits per heavy atom. The van der Waals surface area contributed by atoms with Gasteiger partial charge in [-0.3, -0.25) is 14.9 Å². The molecule has 0 aliphatic rings. The molecule has 1 aromatic heterocycles. The van der Waals surface area contributed by atoms with Crippen molar-refractivity contribution in [3.05, 3.63) is 16.1 Å². The first-order valence-electron chi connectivity index (χ1n) is 6.07. The standard InChI is InChI=1S/C12H17N3O4S/c1-7(4-11(17)18)3-10(16)15-12(19)13-5-9-8(2)14-6-20-9/h6-7H,3-5H2,1-2H3,(H,17,18)(H2,13,15,16,19). The number of nitrogens with zero attached hydrogens (tertiary/aromatic N) is 1. The lowest BCUT2D eigenvalue weighted by Crippen LogP contribution is -2.39. The number of hydrogen-bond acceptors (Lipinski definition) is 5. The van der Waals surface area contributed by atoms with Crippen molar-refractivity contribution in [1.82, 2.24) is 15.6 Å². The number of thiazole rings is 1. The maximum absolute atomic E-state index is 11.5. The monoisotopic (exact) mass is 299 g/mol. The molecule has 1 atom stereocenters. The van der Waals surface area contributed by atoms with Gasteiger partial charge in [-0.25, -0.2) is 9.78 Å². The molecule has 0 radical (unpaired) electrons. The molecule has 0 aromatic carbocycles. The van der Waals surface area contributed by atoms with E-state index in [2.05, 4.69) is 15.6 Å². The third-order valence-corrected chi connectivity index (χ3v) is 3.50. The molecule has 1 rings (SSSR count). The number of aryl methyl sites for hydroxylation is 1. The topological polar surface area (TPSA) is 108 Å². The number of nitrogens with one attached hydrogen (secondary N) is 2. The van der Waals surface area contributed by atoms with E-state index in [-0.39, 0.29) is 18.8 Å². The van der Waals surface area contributed by atoms with Crippen molar-refractivity contribution in [1.29, 1.82) is 0 Å². The van der Waals surface area contributed by atoms with Gasteiger partial charge in [0.1, 0.15) is 0 Å². The molecule has 0 saturated carbocycles. The summed E-state index contributed by atoms with van der Waals surface area (Å²) in [5, 5.41) is 13.3. The molecule has 0 saturated heterocycles. The highest BCUT2D eigenvalue weighted by molar-refractivity contribution is 7.09. The van der Waals surface area contributed by atoms with Gasteiger partial charge < -0.3 is 10.4 Å². The Balaban J connectivity index is 2.29. The van der Waals surface area contributed by atoms with Crippen LogP contribution in [0.4, 0.5) is 4.79 Å². The summed E-state index contributed by atoms with van der Waals surface area (Å²) < 4.78 is 0. The first-order valence-corrected chi connectivity index (χ1v) is 6.95. The molecule has 3 N–H and O–H groups in total. The second-order valence-corrected chi connectivity index (χ2v) is 5.44. The average molecular weight is 299 g/mol. The molecular formula is C12H17N3O4S. The molecule has 1 aromatic rings. The molecule has 8 heteroatoms. The van der Waals surface area contributed by atoms with Gasteiger partial charge in [0.25, 0.3) is 0 Å². The maximum atomic E-state index is 11.5. The smallest absolute Gasteiger partial charge is 0.321 e. The van der Waals surface area contributed by atoms with Crippen LogP contribution >= 0.6 is 11.3 Å². The Labute approximate surface area is 120 Å². The fourth-order valence-electron chi connectivity index (χ4n) is 1.57. The van der Waals surface area contributed by atoms with Gasteiger partial charge >= 0.3 is 12.0 Å². The van der Waals surface area contributed by atoms with E-state index in [1.54, 1.807) is 12.4 Å². The number of imide groups is 1. The predicted molar refractivity (Wildman–Crippen MR) is 73.3 cm³/mol. The van der Waals surface area contributed by atoms with Gasteiger partial charge in [-0.2, -0.15) is 0 Å². The molecule has 1 unspecified atom stereocenters. The Morgan fingerprint density at radius 1 is 1.40 bits per heavy atom. The molecule has 0 aliphatic heterocycles. The third-order valence-electron chi connectivity index (χ3n) is 2.56. The number of hydrogen-bond donors (Lipinski definition) is 3. The minimum absolute atomic E-state index is 0.000689. The highest BCUT2D eigenvalue weighted by atomic mass is 32.1. The van der Waals surface area contributed by atoms with E-state index < -0.39 is 17.9 Å². The van der Waals surface area contributed by atoms with Gasteiger partial charge in [0.15, 0.2) is 0 Å². The Kier molecular flexibility index (Phi) is 6.10. The van der Waals surface area contributed by atoms with Crippen LogP contribution in [0, 0.1) is 12.8 Å². The summed E-state index contributed by atoms with van der Waals surface area (Å²) in [4.78, 5) is 38.4. The van der Waals surface area contributed by atoms with Crippen LogP contribution in [-0.2, 0) is 16.1 Å². The van der Waals surface area contributed by atoms with Crippen molar-refractivity contribution in [3.8, 4) is 0 Å². The van der Waals surface area contributed by atoms with Crippen LogP contribution in [0.3, 0.4) is 0 Å². The Morgan fingerprint density at radius 3 is 2.65 bits per heavy atom. The summed E-state index contributed by atoms with van der Waals surface area (Å²) in [5.41, 5.74) is 2.53. The van der Waals surface area contributed by atoms with Crippen molar-refractivity contribution in [2.45, 2.75) is 33.2 Å². The van der Waals surface area contributed by atoms with Crippen LogP contribution in [0.5, 0.6) is 0 Å². The summed E-state index contributed by atoms with van der Waals surface area (Å²) >= 11 is 1.42. The summed E-state index contributed by atoms with van der Waals surface area (Å²) in [6.07, 6.45) is -0.103. The summed E-state index contributed by atoms with van der Waals surface area (Å²) in [6, 6.07) is -0.592. The van der Waals surface area contributed by atoms with E-state index in [1.165, 1.54) is 11.3 Å². The van der Waals surface area contributed by atoms with Crippen molar-refractivity contribution in [2.24, 2.45) is 5.92 Å². The van der Waals surface area contributed by atoms with Crippen molar-refractivity contribution >= 4 is 29.2 Å². The molecular weight excluding hydrogens is 282 g/mol. The van der Waals surface area contributed by atoms with E-state index >= 15 is 0 Å². The lowest BCUT2D eigenvalue weighted by Gasteiger charge is -2.09. The van der Waals surface area contributed by atoms with Gasteiger partial charge in [0, 0.05) is 17.7 Å². The van der Waals surface area contributed by atoms with Crippen molar-refractivity contribution < 1.29 is 19.5 Å². The number of carbonyl (C=O) groups is 3. The predicted octanol–water partition coefficient (Wildman–Crippen LogP) is 1.28. The molecule has 1 heterocycles. The second-order valence-electron chi connectivity index (χ2n) is 4.50. The van der Waals surface area contributed by atoms with Gasteiger partial charge in [-0.05, 0) is 12.8 Å². The summed E-state index contributed by atoms with van der Waals surface area (Å²) in [7, 11) is 0. The van der Waals surface area contributed by atoms with Crippen LogP contribution < -0.4 is 10.6 Å². The molecule has 3 amide bonds. The lowest BCUT2D eigenvalue weighted by atomic mass is 10.0. The van der Waals surface area contributed by atoms with E-state index in [4.69, 9.17) is 5.11 Å². The third kappa shape index (κ3) is 5.79. The minimum atomic E-state index is -0.963. The van der Waals surface area contributed by atoms with Gasteiger partial charge in [-0.15, -0.1) is 11.3 Å². The number of urea groups is 1. The van der Waals surface area contributed by atoms with Crippen LogP contribution in [0.1, 0.15) is 30.3 Å². The van der Waals surface area contributed by atoms with Crippen molar-refractivity contribution in [2.75, 3.05) is 0 Å². The van der Waals surface area contributed by atoms with Gasteiger partial charge in [-0.1, -0.05) is 6.92 Å². The fraction of sp³-hybridized carbons (Fsp3) is 0.500. The maximum Gasteiger partial charge on any atom is 0.321 e. The summed E-state index contributed by atoms with van der Waals surface area (Å²) in [6.45, 7) is 3.79. The second kappa shape index (κ2) is 7.59. The van der Waals surface area contributed by atoms with Crippen LogP contribution in [0.25, 0.3) is 0 Å². The molecule has 7 nitrogen and oxygen atoms in total. The average Bonchev–Trinajstić information content (AvgIpc) is 2.70. The van der Waals surface area contributed by atoms with Crippen molar-refractivity contribution in [3.63, 3.8) is 0 Å². The van der Waals surface area contributed by atoms with Crippen LogP contribution in [0.2, 0.25) is 0 Å². The Hall–Kier alpha value is -1.96. The number of carboxylic acid groups (broad SMARTS) is 1. The SMILES string of the molecule is Cc1ncsc1CNC(=O)NC(=O)CC(C)CC(=O)O. The number of aromatic nitrogens is 1. The van der Waals surface area contributed by atoms with Crippen LogP contribution in [0.15, 0.2) is 5.51 Å². The number of rotatable bonds is 6. The zero-order valence-electron chi connectivity index (χ0n) is 11.3. The molecule has 0 bridgehead atoms. The fourth-order valence-corrected chi connectivity index (χ4v) is 2.28. The number of carbonyl (C=O) groups excluding carboxylic acids is 2. The molecule has 0 spiro atoms. The summed E-state index contributed by atoms with van der Waals surface area (Å²) in [5.74, 6) is -1.77. The molecule has 0 aliphatic carbocycles. The van der Waals surface area contributed by atoms with Gasteiger partial charge in [0.2, 0.25) is 5.91 Å². The van der Waals surface area contributed by atoms with Gasteiger partial charge in [0.05, 0.1) is 17.7 Å². The number of amides is 3.